The average Bonchev–Trinajstić information content (AvgIpc) is 2.32. The van der Waals surface area contributed by atoms with Crippen LogP contribution in [0.3, 0.4) is 0 Å². The number of nitrogens with one attached hydrogen (secondary N) is 1. The van der Waals surface area contributed by atoms with Gasteiger partial charge in [0.25, 0.3) is 11.6 Å². The molecule has 1 aromatic rings. The van der Waals surface area contributed by atoms with Crippen molar-refractivity contribution in [1.29, 1.82) is 0 Å². The van der Waals surface area contributed by atoms with Gasteiger partial charge in [0, 0.05) is 12.6 Å². The van der Waals surface area contributed by atoms with Gasteiger partial charge in [-0.3, -0.25) is 14.9 Å². The smallest absolute Gasteiger partial charge is 0.272 e. The topological polar surface area (TPSA) is 92.5 Å². The Labute approximate surface area is 108 Å². The lowest BCUT2D eigenvalue weighted by Crippen LogP contribution is -2.38. The summed E-state index contributed by atoms with van der Waals surface area (Å²) in [6, 6.07) is 2.91. The van der Waals surface area contributed by atoms with Crippen molar-refractivity contribution >= 4 is 11.6 Å². The van der Waals surface area contributed by atoms with Crippen LogP contribution in [-0.4, -0.2) is 28.6 Å². The minimum absolute atomic E-state index is 0.208. The Hall–Kier alpha value is -2.02. The summed E-state index contributed by atoms with van der Waals surface area (Å²) < 4.78 is 13.5. The van der Waals surface area contributed by atoms with Gasteiger partial charge in [-0.1, -0.05) is 0 Å². The zero-order valence-electron chi connectivity index (χ0n) is 10.0. The van der Waals surface area contributed by atoms with E-state index in [9.17, 15) is 19.3 Å². The highest BCUT2D eigenvalue weighted by Crippen LogP contribution is 2.26. The number of nitrogens with zero attached hydrogens (tertiary/aromatic N) is 1. The van der Waals surface area contributed by atoms with Gasteiger partial charge in [-0.15, -0.1) is 0 Å². The molecule has 0 saturated heterocycles. The predicted octanol–water partition coefficient (Wildman–Crippen LogP) is 1.23. The first kappa shape index (κ1) is 13.4. The molecule has 2 rings (SSSR count). The van der Waals surface area contributed by atoms with E-state index in [1.165, 1.54) is 0 Å². The molecule has 0 spiro atoms. The van der Waals surface area contributed by atoms with Crippen LogP contribution in [0.5, 0.6) is 0 Å². The number of hydrogen-bond donors (Lipinski definition) is 2. The molecule has 1 saturated carbocycles. The molecular weight excluding hydrogens is 255 g/mol. The fourth-order valence-corrected chi connectivity index (χ4v) is 2.00. The molecule has 1 aliphatic carbocycles. The molecule has 2 N–H and O–H groups in total. The number of rotatable bonds is 4. The number of carbonyl (C=O) groups is 1. The third-order valence-corrected chi connectivity index (χ3v) is 3.17. The van der Waals surface area contributed by atoms with Crippen LogP contribution in [0.4, 0.5) is 10.1 Å². The average molecular weight is 268 g/mol. The highest BCUT2D eigenvalue weighted by Gasteiger charge is 2.27. The summed E-state index contributed by atoms with van der Waals surface area (Å²) in [5, 5.41) is 22.1. The first-order valence-electron chi connectivity index (χ1n) is 5.87. The molecule has 1 amide bonds. The molecule has 6 nitrogen and oxygen atoms in total. The molecule has 1 aromatic carbocycles. The maximum Gasteiger partial charge on any atom is 0.272 e. The van der Waals surface area contributed by atoms with Gasteiger partial charge in [-0.05, 0) is 24.8 Å². The van der Waals surface area contributed by atoms with Crippen molar-refractivity contribution < 1.29 is 19.2 Å². The van der Waals surface area contributed by atoms with Gasteiger partial charge in [-0.2, -0.15) is 0 Å². The van der Waals surface area contributed by atoms with Crippen LogP contribution in [0.15, 0.2) is 18.2 Å². The fourth-order valence-electron chi connectivity index (χ4n) is 2.00. The number of nitro benzene ring substituents is 1. The maximum atomic E-state index is 13.5. The van der Waals surface area contributed by atoms with Crippen LogP contribution in [0.1, 0.15) is 23.2 Å². The summed E-state index contributed by atoms with van der Waals surface area (Å²) in [7, 11) is 0. The molecular formula is C12H13FN2O4. The minimum Gasteiger partial charge on any atom is -0.393 e. The van der Waals surface area contributed by atoms with Gasteiger partial charge in [0.05, 0.1) is 22.7 Å². The van der Waals surface area contributed by atoms with E-state index in [1.54, 1.807) is 0 Å². The first-order chi connectivity index (χ1) is 8.97. The molecule has 1 aliphatic rings. The van der Waals surface area contributed by atoms with E-state index >= 15 is 0 Å². The SMILES string of the molecule is O=C(NCC1CC(O)C1)c1ccc([N+](=O)[O-])cc1F. The molecule has 0 atom stereocenters. The maximum absolute atomic E-state index is 13.5. The van der Waals surface area contributed by atoms with E-state index in [0.717, 1.165) is 18.2 Å². The summed E-state index contributed by atoms with van der Waals surface area (Å²) in [6.07, 6.45) is 0.949. The second-order valence-corrected chi connectivity index (χ2v) is 4.62. The van der Waals surface area contributed by atoms with Crippen molar-refractivity contribution in [2.75, 3.05) is 6.54 Å². The zero-order valence-corrected chi connectivity index (χ0v) is 10.0. The van der Waals surface area contributed by atoms with Gasteiger partial charge in [-0.25, -0.2) is 4.39 Å². The first-order valence-corrected chi connectivity index (χ1v) is 5.87. The van der Waals surface area contributed by atoms with Crippen LogP contribution >= 0.6 is 0 Å². The highest BCUT2D eigenvalue weighted by atomic mass is 19.1. The number of halogens is 1. The predicted molar refractivity (Wildman–Crippen MR) is 64.1 cm³/mol. The molecule has 7 heteroatoms. The highest BCUT2D eigenvalue weighted by molar-refractivity contribution is 5.94. The van der Waals surface area contributed by atoms with Gasteiger partial charge in [0.2, 0.25) is 0 Å². The Morgan fingerprint density at radius 3 is 2.74 bits per heavy atom. The molecule has 0 unspecified atom stereocenters. The quantitative estimate of drug-likeness (QED) is 0.634. The summed E-state index contributed by atoms with van der Waals surface area (Å²) in [4.78, 5) is 21.4. The molecule has 0 bridgehead atoms. The number of amides is 1. The molecule has 1 fully saturated rings. The number of carbonyl (C=O) groups excluding carboxylic acids is 1. The third kappa shape index (κ3) is 3.05. The monoisotopic (exact) mass is 268 g/mol. The van der Waals surface area contributed by atoms with Gasteiger partial charge < -0.3 is 10.4 Å². The number of aliphatic hydroxyl groups excluding tert-OH is 1. The Morgan fingerprint density at radius 2 is 2.21 bits per heavy atom. The lowest BCUT2D eigenvalue weighted by molar-refractivity contribution is -0.385. The minimum atomic E-state index is -0.916. The van der Waals surface area contributed by atoms with E-state index in [2.05, 4.69) is 5.32 Å². The van der Waals surface area contributed by atoms with Gasteiger partial charge >= 0.3 is 0 Å². The lowest BCUT2D eigenvalue weighted by Gasteiger charge is -2.31. The van der Waals surface area contributed by atoms with E-state index in [0.29, 0.717) is 19.4 Å². The fraction of sp³-hybridized carbons (Fsp3) is 0.417. The van der Waals surface area contributed by atoms with Crippen LogP contribution < -0.4 is 5.32 Å². The number of non-ortho nitro benzene ring substituents is 1. The Bertz CT molecular complexity index is 514. The van der Waals surface area contributed by atoms with E-state index in [-0.39, 0.29) is 17.6 Å². The van der Waals surface area contributed by atoms with Crippen molar-refractivity contribution in [3.05, 3.63) is 39.7 Å². The molecule has 0 heterocycles. The van der Waals surface area contributed by atoms with Crippen molar-refractivity contribution in [1.82, 2.24) is 5.32 Å². The van der Waals surface area contributed by atoms with Crippen molar-refractivity contribution in [3.63, 3.8) is 0 Å². The standard InChI is InChI=1S/C12H13FN2O4/c13-11-5-8(15(18)19)1-2-10(11)12(17)14-6-7-3-9(16)4-7/h1-2,5,7,9,16H,3-4,6H2,(H,14,17). The summed E-state index contributed by atoms with van der Waals surface area (Å²) in [5.74, 6) is -1.31. The Kier molecular flexibility index (Phi) is 3.75. The van der Waals surface area contributed by atoms with Crippen LogP contribution in [0.25, 0.3) is 0 Å². The van der Waals surface area contributed by atoms with Crippen LogP contribution in [-0.2, 0) is 0 Å². The lowest BCUT2D eigenvalue weighted by atomic mass is 9.82. The van der Waals surface area contributed by atoms with E-state index in [4.69, 9.17) is 5.11 Å². The number of nitro groups is 1. The molecule has 0 radical (unpaired) electrons. The van der Waals surface area contributed by atoms with E-state index < -0.39 is 22.3 Å². The Morgan fingerprint density at radius 1 is 1.53 bits per heavy atom. The molecule has 0 aromatic heterocycles. The van der Waals surface area contributed by atoms with E-state index in [1.807, 2.05) is 0 Å². The second-order valence-electron chi connectivity index (χ2n) is 4.62. The normalized spacial score (nSPS) is 21.6. The summed E-state index contributed by atoms with van der Waals surface area (Å²) in [5.41, 5.74) is -0.610. The zero-order chi connectivity index (χ0) is 14.0. The van der Waals surface area contributed by atoms with Gasteiger partial charge in [0.15, 0.2) is 0 Å². The second kappa shape index (κ2) is 5.31. The number of hydrogen-bond acceptors (Lipinski definition) is 4. The molecule has 19 heavy (non-hydrogen) atoms. The van der Waals surface area contributed by atoms with Gasteiger partial charge in [0.1, 0.15) is 5.82 Å². The summed E-state index contributed by atoms with van der Waals surface area (Å²) >= 11 is 0. The number of aliphatic hydroxyl groups is 1. The number of benzene rings is 1. The summed E-state index contributed by atoms with van der Waals surface area (Å²) in [6.45, 7) is 0.367. The van der Waals surface area contributed by atoms with Crippen LogP contribution in [0, 0.1) is 21.8 Å². The van der Waals surface area contributed by atoms with Crippen molar-refractivity contribution in [2.45, 2.75) is 18.9 Å². The Balaban J connectivity index is 1.97. The van der Waals surface area contributed by atoms with Crippen LogP contribution in [0.2, 0.25) is 0 Å². The molecule has 0 aliphatic heterocycles. The van der Waals surface area contributed by atoms with Crippen molar-refractivity contribution in [3.8, 4) is 0 Å². The third-order valence-electron chi connectivity index (χ3n) is 3.17. The van der Waals surface area contributed by atoms with Crippen molar-refractivity contribution in [2.24, 2.45) is 5.92 Å². The molecule has 102 valence electrons. The largest absolute Gasteiger partial charge is 0.393 e.